The second kappa shape index (κ2) is 3.95. The molecule has 0 unspecified atom stereocenters. The highest BCUT2D eigenvalue weighted by Crippen LogP contribution is 2.19. The van der Waals surface area contributed by atoms with Gasteiger partial charge in [-0.1, -0.05) is 20.8 Å². The largest absolute Gasteiger partial charge is 0.373 e. The molecular weight excluding hydrogens is 174 g/mol. The topological polar surface area (TPSA) is 37.8 Å². The van der Waals surface area contributed by atoms with E-state index >= 15 is 0 Å². The number of hydrogen-bond donors (Lipinski definition) is 1. The molecule has 1 rings (SSSR count). The molecule has 0 aromatic carbocycles. The highest BCUT2D eigenvalue weighted by molar-refractivity contribution is 5.34. The van der Waals surface area contributed by atoms with E-state index in [9.17, 15) is 0 Å². The van der Waals surface area contributed by atoms with E-state index in [1.165, 1.54) is 0 Å². The molecule has 3 heteroatoms. The molecule has 0 aliphatic rings. The molecule has 0 amide bonds. The first kappa shape index (κ1) is 11.0. The van der Waals surface area contributed by atoms with Gasteiger partial charge in [0, 0.05) is 25.2 Å². The summed E-state index contributed by atoms with van der Waals surface area (Å²) in [5.74, 6) is 1.82. The summed E-state index contributed by atoms with van der Waals surface area (Å²) in [6.45, 7) is 8.57. The Bertz CT molecular complexity index is 313. The summed E-state index contributed by atoms with van der Waals surface area (Å²) in [4.78, 5) is 8.83. The molecule has 1 heterocycles. The van der Waals surface area contributed by atoms with Gasteiger partial charge in [0.25, 0.3) is 0 Å². The van der Waals surface area contributed by atoms with Crippen molar-refractivity contribution in [3.05, 3.63) is 17.6 Å². The van der Waals surface area contributed by atoms with Gasteiger partial charge in [-0.25, -0.2) is 9.97 Å². The van der Waals surface area contributed by atoms with Gasteiger partial charge in [0.2, 0.25) is 0 Å². The molecule has 0 saturated heterocycles. The Morgan fingerprint density at radius 1 is 1.29 bits per heavy atom. The third-order valence-electron chi connectivity index (χ3n) is 1.85. The minimum atomic E-state index is 0.235. The average molecular weight is 193 g/mol. The first-order valence-electron chi connectivity index (χ1n) is 4.93. The van der Waals surface area contributed by atoms with Gasteiger partial charge in [0.1, 0.15) is 11.6 Å². The number of aromatic nitrogens is 2. The van der Waals surface area contributed by atoms with Crippen LogP contribution in [-0.4, -0.2) is 17.0 Å². The number of nitrogens with zero attached hydrogens (tertiary/aromatic N) is 2. The zero-order chi connectivity index (χ0) is 10.8. The van der Waals surface area contributed by atoms with Gasteiger partial charge in [-0.3, -0.25) is 0 Å². The van der Waals surface area contributed by atoms with Crippen molar-refractivity contribution in [2.24, 2.45) is 5.41 Å². The van der Waals surface area contributed by atoms with Crippen molar-refractivity contribution in [2.75, 3.05) is 12.4 Å². The van der Waals surface area contributed by atoms with Gasteiger partial charge < -0.3 is 5.32 Å². The molecule has 1 aromatic rings. The molecule has 1 aromatic heterocycles. The standard InChI is InChI=1S/C11H19N3/c1-8-6-9(12-5)14-10(13-8)7-11(2,3)4/h6H,7H2,1-5H3,(H,12,13,14). The maximum absolute atomic E-state index is 4.42. The molecule has 1 N–H and O–H groups in total. The van der Waals surface area contributed by atoms with E-state index < -0.39 is 0 Å². The quantitative estimate of drug-likeness (QED) is 0.783. The van der Waals surface area contributed by atoms with Crippen molar-refractivity contribution >= 4 is 5.82 Å². The van der Waals surface area contributed by atoms with Crippen LogP contribution in [0.1, 0.15) is 32.3 Å². The van der Waals surface area contributed by atoms with Crippen LogP contribution in [0.5, 0.6) is 0 Å². The highest BCUT2D eigenvalue weighted by Gasteiger charge is 2.13. The van der Waals surface area contributed by atoms with Crippen LogP contribution in [0.2, 0.25) is 0 Å². The first-order valence-corrected chi connectivity index (χ1v) is 4.93. The van der Waals surface area contributed by atoms with E-state index in [1.54, 1.807) is 0 Å². The first-order chi connectivity index (χ1) is 6.40. The molecule has 78 valence electrons. The van der Waals surface area contributed by atoms with Gasteiger partial charge in [-0.2, -0.15) is 0 Å². The van der Waals surface area contributed by atoms with Crippen LogP contribution in [0, 0.1) is 12.3 Å². The smallest absolute Gasteiger partial charge is 0.131 e. The molecule has 0 bridgehead atoms. The van der Waals surface area contributed by atoms with Gasteiger partial charge in [0.15, 0.2) is 0 Å². The molecule has 0 saturated carbocycles. The number of anilines is 1. The van der Waals surface area contributed by atoms with Crippen LogP contribution in [0.4, 0.5) is 5.82 Å². The fourth-order valence-electron chi connectivity index (χ4n) is 1.31. The third-order valence-corrected chi connectivity index (χ3v) is 1.85. The van der Waals surface area contributed by atoms with Crippen LogP contribution in [0.15, 0.2) is 6.07 Å². The number of aryl methyl sites for hydroxylation is 1. The Balaban J connectivity index is 2.92. The summed E-state index contributed by atoms with van der Waals surface area (Å²) in [6.07, 6.45) is 0.906. The van der Waals surface area contributed by atoms with E-state index in [0.29, 0.717) is 0 Å². The zero-order valence-corrected chi connectivity index (χ0v) is 9.68. The second-order valence-corrected chi connectivity index (χ2v) is 4.80. The molecule has 14 heavy (non-hydrogen) atoms. The lowest BCUT2D eigenvalue weighted by Crippen LogP contribution is -2.13. The fraction of sp³-hybridized carbons (Fsp3) is 0.636. The molecule has 0 aliphatic heterocycles. The van der Waals surface area contributed by atoms with Crippen LogP contribution < -0.4 is 5.32 Å². The number of rotatable bonds is 2. The Kier molecular flexibility index (Phi) is 3.09. The van der Waals surface area contributed by atoms with E-state index in [2.05, 4.69) is 36.1 Å². The SMILES string of the molecule is CNc1cc(C)nc(CC(C)(C)C)n1. The summed E-state index contributed by atoms with van der Waals surface area (Å²) in [5.41, 5.74) is 1.25. The Morgan fingerprint density at radius 2 is 1.93 bits per heavy atom. The van der Waals surface area contributed by atoms with E-state index in [4.69, 9.17) is 0 Å². The molecule has 0 radical (unpaired) electrons. The molecule has 0 aliphatic carbocycles. The van der Waals surface area contributed by atoms with Crippen molar-refractivity contribution in [1.29, 1.82) is 0 Å². The summed E-state index contributed by atoms with van der Waals surface area (Å²) in [7, 11) is 1.88. The normalized spacial score (nSPS) is 11.5. The van der Waals surface area contributed by atoms with Crippen molar-refractivity contribution in [3.8, 4) is 0 Å². The lowest BCUT2D eigenvalue weighted by atomic mass is 9.92. The lowest BCUT2D eigenvalue weighted by Gasteiger charge is -2.17. The lowest BCUT2D eigenvalue weighted by molar-refractivity contribution is 0.400. The van der Waals surface area contributed by atoms with Crippen molar-refractivity contribution < 1.29 is 0 Å². The predicted molar refractivity (Wildman–Crippen MR) is 59.5 cm³/mol. The van der Waals surface area contributed by atoms with Crippen LogP contribution in [-0.2, 0) is 6.42 Å². The predicted octanol–water partition coefficient (Wildman–Crippen LogP) is 2.42. The van der Waals surface area contributed by atoms with Crippen molar-refractivity contribution in [2.45, 2.75) is 34.1 Å². The van der Waals surface area contributed by atoms with Crippen LogP contribution in [0.3, 0.4) is 0 Å². The summed E-state index contributed by atoms with van der Waals surface area (Å²) in [6, 6.07) is 1.95. The van der Waals surface area contributed by atoms with Gasteiger partial charge in [-0.05, 0) is 12.3 Å². The average Bonchev–Trinajstić information content (AvgIpc) is 1.99. The molecule has 3 nitrogen and oxygen atoms in total. The second-order valence-electron chi connectivity index (χ2n) is 4.80. The molecule has 0 atom stereocenters. The van der Waals surface area contributed by atoms with Gasteiger partial charge >= 0.3 is 0 Å². The van der Waals surface area contributed by atoms with Crippen LogP contribution in [0.25, 0.3) is 0 Å². The minimum Gasteiger partial charge on any atom is -0.373 e. The number of hydrogen-bond acceptors (Lipinski definition) is 3. The third kappa shape index (κ3) is 3.32. The van der Waals surface area contributed by atoms with Gasteiger partial charge in [0.05, 0.1) is 0 Å². The van der Waals surface area contributed by atoms with Gasteiger partial charge in [-0.15, -0.1) is 0 Å². The highest BCUT2D eigenvalue weighted by atomic mass is 15.0. The Hall–Kier alpha value is -1.12. The number of nitrogens with one attached hydrogen (secondary N) is 1. The Morgan fingerprint density at radius 3 is 2.43 bits per heavy atom. The maximum Gasteiger partial charge on any atom is 0.131 e. The van der Waals surface area contributed by atoms with E-state index in [-0.39, 0.29) is 5.41 Å². The Labute approximate surface area is 86.0 Å². The van der Waals surface area contributed by atoms with Crippen molar-refractivity contribution in [3.63, 3.8) is 0 Å². The summed E-state index contributed by atoms with van der Waals surface area (Å²) < 4.78 is 0. The van der Waals surface area contributed by atoms with Crippen LogP contribution >= 0.6 is 0 Å². The maximum atomic E-state index is 4.42. The van der Waals surface area contributed by atoms with Crippen molar-refractivity contribution in [1.82, 2.24) is 9.97 Å². The minimum absolute atomic E-state index is 0.235. The zero-order valence-electron chi connectivity index (χ0n) is 9.68. The summed E-state index contributed by atoms with van der Waals surface area (Å²) >= 11 is 0. The molecule has 0 fully saturated rings. The van der Waals surface area contributed by atoms with E-state index in [1.807, 2.05) is 20.0 Å². The fourth-order valence-corrected chi connectivity index (χ4v) is 1.31. The molecular formula is C11H19N3. The monoisotopic (exact) mass is 193 g/mol. The summed E-state index contributed by atoms with van der Waals surface area (Å²) in [5, 5.41) is 3.04. The van der Waals surface area contributed by atoms with E-state index in [0.717, 1.165) is 23.8 Å². The molecule has 0 spiro atoms.